The molecule has 0 bridgehead atoms. The van der Waals surface area contributed by atoms with E-state index in [1.165, 1.54) is 0 Å². The molecule has 0 amide bonds. The fourth-order valence-corrected chi connectivity index (χ4v) is 1.84. The molecule has 0 heterocycles. The van der Waals surface area contributed by atoms with Gasteiger partial charge in [-0.1, -0.05) is 13.5 Å². The second kappa shape index (κ2) is 7.80. The smallest absolute Gasteiger partial charge is 0.203 e. The lowest BCUT2D eigenvalue weighted by Crippen LogP contribution is -2.17. The van der Waals surface area contributed by atoms with Crippen LogP contribution in [0.2, 0.25) is 0 Å². The molecule has 20 heavy (non-hydrogen) atoms. The molecule has 1 atom stereocenters. The van der Waals surface area contributed by atoms with Crippen LogP contribution < -0.4 is 19.9 Å². The van der Waals surface area contributed by atoms with E-state index < -0.39 is 0 Å². The molecular formula is C16H25NO3. The van der Waals surface area contributed by atoms with Gasteiger partial charge in [0.05, 0.1) is 14.2 Å². The second-order valence-electron chi connectivity index (χ2n) is 4.90. The van der Waals surface area contributed by atoms with Crippen molar-refractivity contribution in [2.75, 3.05) is 20.8 Å². The highest BCUT2D eigenvalue weighted by Gasteiger charge is 2.15. The Morgan fingerprint density at radius 3 is 2.20 bits per heavy atom. The number of benzene rings is 1. The predicted octanol–water partition coefficient (Wildman–Crippen LogP) is 2.94. The van der Waals surface area contributed by atoms with Gasteiger partial charge in [-0.15, -0.1) is 0 Å². The van der Waals surface area contributed by atoms with Gasteiger partial charge in [0.1, 0.15) is 6.61 Å². The molecule has 0 saturated carbocycles. The molecule has 0 aliphatic heterocycles. The van der Waals surface area contributed by atoms with Gasteiger partial charge in [-0.2, -0.15) is 0 Å². The van der Waals surface area contributed by atoms with E-state index in [0.717, 1.165) is 24.0 Å². The van der Waals surface area contributed by atoms with Crippen LogP contribution in [0.3, 0.4) is 0 Å². The quantitative estimate of drug-likeness (QED) is 0.743. The van der Waals surface area contributed by atoms with E-state index in [2.05, 4.69) is 6.58 Å². The molecule has 1 rings (SSSR count). The molecule has 0 saturated heterocycles. The summed E-state index contributed by atoms with van der Waals surface area (Å²) in [7, 11) is 3.23. The van der Waals surface area contributed by atoms with Crippen molar-refractivity contribution >= 4 is 0 Å². The summed E-state index contributed by atoms with van der Waals surface area (Å²) in [6, 6.07) is 3.96. The van der Waals surface area contributed by atoms with Crippen LogP contribution in [-0.2, 0) is 6.42 Å². The molecule has 1 aromatic rings. The minimum atomic E-state index is 0.0797. The predicted molar refractivity (Wildman–Crippen MR) is 81.8 cm³/mol. The van der Waals surface area contributed by atoms with Crippen LogP contribution in [-0.4, -0.2) is 26.9 Å². The molecule has 4 nitrogen and oxygen atoms in total. The third-order valence-electron chi connectivity index (χ3n) is 3.00. The van der Waals surface area contributed by atoms with Crippen molar-refractivity contribution in [1.82, 2.24) is 0 Å². The maximum Gasteiger partial charge on any atom is 0.203 e. The third kappa shape index (κ3) is 4.46. The first kappa shape index (κ1) is 16.4. The summed E-state index contributed by atoms with van der Waals surface area (Å²) >= 11 is 0. The van der Waals surface area contributed by atoms with Crippen molar-refractivity contribution < 1.29 is 14.2 Å². The Balaban J connectivity index is 3.04. The molecule has 0 spiro atoms. The molecule has 2 N–H and O–H groups in total. The SMILES string of the molecule is C=C(CC)COc1c(OC)cc(CC(C)N)cc1OC. The van der Waals surface area contributed by atoms with E-state index in [0.29, 0.717) is 23.9 Å². The van der Waals surface area contributed by atoms with Gasteiger partial charge in [-0.3, -0.25) is 0 Å². The van der Waals surface area contributed by atoms with Gasteiger partial charge in [0.15, 0.2) is 11.5 Å². The van der Waals surface area contributed by atoms with Gasteiger partial charge in [-0.05, 0) is 43.0 Å². The number of rotatable bonds is 8. The zero-order valence-electron chi connectivity index (χ0n) is 12.9. The van der Waals surface area contributed by atoms with E-state index in [9.17, 15) is 0 Å². The number of hydrogen-bond donors (Lipinski definition) is 1. The molecule has 1 aromatic carbocycles. The van der Waals surface area contributed by atoms with E-state index in [1.54, 1.807) is 14.2 Å². The Hall–Kier alpha value is -1.68. The first-order chi connectivity index (χ1) is 9.51. The number of nitrogens with two attached hydrogens (primary N) is 1. The Morgan fingerprint density at radius 1 is 1.25 bits per heavy atom. The van der Waals surface area contributed by atoms with Crippen molar-refractivity contribution in [2.24, 2.45) is 5.73 Å². The van der Waals surface area contributed by atoms with Crippen LogP contribution in [0.5, 0.6) is 17.2 Å². The second-order valence-corrected chi connectivity index (χ2v) is 4.90. The van der Waals surface area contributed by atoms with Gasteiger partial charge in [-0.25, -0.2) is 0 Å². The zero-order valence-corrected chi connectivity index (χ0v) is 12.9. The van der Waals surface area contributed by atoms with Gasteiger partial charge >= 0.3 is 0 Å². The van der Waals surface area contributed by atoms with Gasteiger partial charge in [0.25, 0.3) is 0 Å². The van der Waals surface area contributed by atoms with Gasteiger partial charge in [0.2, 0.25) is 5.75 Å². The third-order valence-corrected chi connectivity index (χ3v) is 3.00. The zero-order chi connectivity index (χ0) is 15.1. The van der Waals surface area contributed by atoms with Crippen molar-refractivity contribution in [3.63, 3.8) is 0 Å². The van der Waals surface area contributed by atoms with Crippen LogP contribution in [0.25, 0.3) is 0 Å². The molecule has 0 aliphatic carbocycles. The normalized spacial score (nSPS) is 11.8. The first-order valence-electron chi connectivity index (χ1n) is 6.81. The monoisotopic (exact) mass is 279 g/mol. The molecule has 0 radical (unpaired) electrons. The highest BCUT2D eigenvalue weighted by molar-refractivity contribution is 5.54. The number of methoxy groups -OCH3 is 2. The number of ether oxygens (including phenoxy) is 3. The minimum absolute atomic E-state index is 0.0797. The summed E-state index contributed by atoms with van der Waals surface area (Å²) in [6.45, 7) is 8.40. The maximum atomic E-state index is 5.84. The molecule has 0 aliphatic rings. The fraction of sp³-hybridized carbons (Fsp3) is 0.500. The summed E-state index contributed by atoms with van der Waals surface area (Å²) in [4.78, 5) is 0. The van der Waals surface area contributed by atoms with E-state index >= 15 is 0 Å². The van der Waals surface area contributed by atoms with E-state index in [1.807, 2.05) is 26.0 Å². The highest BCUT2D eigenvalue weighted by Crippen LogP contribution is 2.39. The van der Waals surface area contributed by atoms with E-state index in [4.69, 9.17) is 19.9 Å². The van der Waals surface area contributed by atoms with Crippen molar-refractivity contribution in [3.8, 4) is 17.2 Å². The number of hydrogen-bond acceptors (Lipinski definition) is 4. The minimum Gasteiger partial charge on any atom is -0.493 e. The lowest BCUT2D eigenvalue weighted by atomic mass is 10.1. The summed E-state index contributed by atoms with van der Waals surface area (Å²) < 4.78 is 16.6. The van der Waals surface area contributed by atoms with Crippen molar-refractivity contribution in [3.05, 3.63) is 29.8 Å². The van der Waals surface area contributed by atoms with Crippen LogP contribution in [0, 0.1) is 0 Å². The lowest BCUT2D eigenvalue weighted by molar-refractivity contribution is 0.293. The van der Waals surface area contributed by atoms with Gasteiger partial charge in [0, 0.05) is 6.04 Å². The van der Waals surface area contributed by atoms with E-state index in [-0.39, 0.29) is 6.04 Å². The Labute approximate surface area is 121 Å². The van der Waals surface area contributed by atoms with Crippen molar-refractivity contribution in [1.29, 1.82) is 0 Å². The Kier molecular flexibility index (Phi) is 6.39. The molecule has 4 heteroatoms. The molecule has 1 unspecified atom stereocenters. The maximum absolute atomic E-state index is 5.84. The van der Waals surface area contributed by atoms with Crippen LogP contribution in [0.15, 0.2) is 24.3 Å². The Bertz CT molecular complexity index is 430. The summed E-state index contributed by atoms with van der Waals surface area (Å²) in [5.74, 6) is 1.92. The topological polar surface area (TPSA) is 53.7 Å². The average Bonchev–Trinajstić information content (AvgIpc) is 2.43. The molecule has 112 valence electrons. The largest absolute Gasteiger partial charge is 0.493 e. The standard InChI is InChI=1S/C16H25NO3/c1-6-11(2)10-20-16-14(18-4)8-13(7-12(3)17)9-15(16)19-5/h8-9,12H,2,6-7,10,17H2,1,3-5H3. The summed E-state index contributed by atoms with van der Waals surface area (Å²) in [5, 5.41) is 0. The average molecular weight is 279 g/mol. The molecular weight excluding hydrogens is 254 g/mol. The van der Waals surface area contributed by atoms with Crippen molar-refractivity contribution in [2.45, 2.75) is 32.7 Å². The van der Waals surface area contributed by atoms with Crippen LogP contribution >= 0.6 is 0 Å². The Morgan fingerprint density at radius 2 is 1.80 bits per heavy atom. The highest BCUT2D eigenvalue weighted by atomic mass is 16.5. The lowest BCUT2D eigenvalue weighted by Gasteiger charge is -2.17. The summed E-state index contributed by atoms with van der Waals surface area (Å²) in [5.41, 5.74) is 7.92. The van der Waals surface area contributed by atoms with Gasteiger partial charge < -0.3 is 19.9 Å². The van der Waals surface area contributed by atoms with Crippen LogP contribution in [0.4, 0.5) is 0 Å². The molecule has 0 aromatic heterocycles. The summed E-state index contributed by atoms with van der Waals surface area (Å²) in [6.07, 6.45) is 1.64. The first-order valence-corrected chi connectivity index (χ1v) is 6.81. The van der Waals surface area contributed by atoms with Crippen LogP contribution in [0.1, 0.15) is 25.8 Å². The fourth-order valence-electron chi connectivity index (χ4n) is 1.84. The molecule has 0 fully saturated rings.